The van der Waals surface area contributed by atoms with Gasteiger partial charge in [-0.05, 0) is 42.2 Å². The number of carbonyl (C=O) groups is 1. The Morgan fingerprint density at radius 3 is 2.50 bits per heavy atom. The van der Waals surface area contributed by atoms with Gasteiger partial charge in [-0.2, -0.15) is 0 Å². The second kappa shape index (κ2) is 10.2. The number of hydrogen-bond donors (Lipinski definition) is 1. The SMILES string of the molecule is COCn1c(-c2ccccc2)c(C2CCCCC2)c2sc(C(=O)O)c(N(C)CC3CCS(=O)(=O)C3)c21. The normalized spacial score (nSPS) is 20.2. The molecule has 1 atom stereocenters. The van der Waals surface area contributed by atoms with Crippen molar-refractivity contribution in [1.82, 2.24) is 4.57 Å². The predicted molar refractivity (Wildman–Crippen MR) is 145 cm³/mol. The Morgan fingerprint density at radius 1 is 1.17 bits per heavy atom. The van der Waals surface area contributed by atoms with E-state index in [1.165, 1.54) is 36.2 Å². The van der Waals surface area contributed by atoms with Crippen LogP contribution in [0.3, 0.4) is 0 Å². The maximum Gasteiger partial charge on any atom is 0.348 e. The number of anilines is 1. The maximum atomic E-state index is 12.5. The summed E-state index contributed by atoms with van der Waals surface area (Å²) in [6.07, 6.45) is 6.40. The van der Waals surface area contributed by atoms with E-state index in [4.69, 9.17) is 4.74 Å². The molecule has 7 nitrogen and oxygen atoms in total. The fourth-order valence-electron chi connectivity index (χ4n) is 6.14. The van der Waals surface area contributed by atoms with E-state index in [9.17, 15) is 18.3 Å². The fraction of sp³-hybridized carbons (Fsp3) is 0.519. The molecule has 1 aliphatic carbocycles. The molecule has 0 bridgehead atoms. The van der Waals surface area contributed by atoms with Crippen LogP contribution in [0.4, 0.5) is 5.69 Å². The average molecular weight is 531 g/mol. The van der Waals surface area contributed by atoms with Gasteiger partial charge in [0, 0.05) is 20.7 Å². The number of nitrogens with zero attached hydrogens (tertiary/aromatic N) is 2. The summed E-state index contributed by atoms with van der Waals surface area (Å²) in [7, 11) is 0.545. The van der Waals surface area contributed by atoms with E-state index in [2.05, 4.69) is 16.7 Å². The number of sulfone groups is 1. The zero-order valence-electron chi connectivity index (χ0n) is 20.9. The van der Waals surface area contributed by atoms with Gasteiger partial charge in [0.15, 0.2) is 9.84 Å². The smallest absolute Gasteiger partial charge is 0.348 e. The molecule has 1 saturated carbocycles. The molecule has 1 N–H and O–H groups in total. The fourth-order valence-corrected chi connectivity index (χ4v) is 9.31. The van der Waals surface area contributed by atoms with E-state index < -0.39 is 15.8 Å². The summed E-state index contributed by atoms with van der Waals surface area (Å²) in [5.74, 6) is -0.214. The molecule has 0 radical (unpaired) electrons. The Hall–Kier alpha value is -2.36. The number of aromatic carboxylic acids is 1. The van der Waals surface area contributed by atoms with Crippen LogP contribution >= 0.6 is 11.3 Å². The third-order valence-electron chi connectivity index (χ3n) is 7.65. The summed E-state index contributed by atoms with van der Waals surface area (Å²) < 4.78 is 33.0. The Morgan fingerprint density at radius 2 is 1.89 bits per heavy atom. The van der Waals surface area contributed by atoms with E-state index in [1.54, 1.807) is 7.11 Å². The molecule has 1 aromatic carbocycles. The van der Waals surface area contributed by atoms with Crippen LogP contribution in [0.15, 0.2) is 30.3 Å². The zero-order chi connectivity index (χ0) is 25.4. The summed E-state index contributed by atoms with van der Waals surface area (Å²) in [5, 5.41) is 10.2. The lowest BCUT2D eigenvalue weighted by molar-refractivity contribution is 0.0702. The van der Waals surface area contributed by atoms with Crippen LogP contribution in [-0.4, -0.2) is 56.3 Å². The summed E-state index contributed by atoms with van der Waals surface area (Å²) in [5.41, 5.74) is 5.01. The molecule has 0 amide bonds. The number of fused-ring (bicyclic) bond motifs is 1. The number of rotatable bonds is 8. The Bertz CT molecular complexity index is 1350. The molecule has 194 valence electrons. The minimum atomic E-state index is -3.01. The van der Waals surface area contributed by atoms with Crippen molar-refractivity contribution < 1.29 is 23.1 Å². The van der Waals surface area contributed by atoms with E-state index in [0.29, 0.717) is 36.2 Å². The van der Waals surface area contributed by atoms with Crippen molar-refractivity contribution in [1.29, 1.82) is 0 Å². The van der Waals surface area contributed by atoms with Crippen LogP contribution in [0.5, 0.6) is 0 Å². The number of aromatic nitrogens is 1. The first-order chi connectivity index (χ1) is 17.3. The zero-order valence-corrected chi connectivity index (χ0v) is 22.5. The highest BCUT2D eigenvalue weighted by Crippen LogP contribution is 2.50. The van der Waals surface area contributed by atoms with Crippen molar-refractivity contribution >= 4 is 43.0 Å². The van der Waals surface area contributed by atoms with Crippen LogP contribution in [0.1, 0.15) is 59.7 Å². The molecule has 9 heteroatoms. The molecule has 3 aromatic rings. The van der Waals surface area contributed by atoms with Crippen LogP contribution in [0.25, 0.3) is 21.5 Å². The lowest BCUT2D eigenvalue weighted by Crippen LogP contribution is -2.27. The van der Waals surface area contributed by atoms with Crippen molar-refractivity contribution in [3.63, 3.8) is 0 Å². The van der Waals surface area contributed by atoms with Gasteiger partial charge in [0.2, 0.25) is 0 Å². The first kappa shape index (κ1) is 25.3. The van der Waals surface area contributed by atoms with Gasteiger partial charge in [0.25, 0.3) is 0 Å². The highest BCUT2D eigenvalue weighted by atomic mass is 32.2. The third kappa shape index (κ3) is 4.68. The van der Waals surface area contributed by atoms with Crippen molar-refractivity contribution in [2.45, 2.75) is 51.2 Å². The molecule has 5 rings (SSSR count). The number of benzene rings is 1. The maximum absolute atomic E-state index is 12.5. The van der Waals surface area contributed by atoms with Gasteiger partial charge in [-0.15, -0.1) is 11.3 Å². The third-order valence-corrected chi connectivity index (χ3v) is 10.7. The number of carboxylic acids is 1. The van der Waals surface area contributed by atoms with Crippen molar-refractivity contribution in [2.75, 3.05) is 37.1 Å². The molecular weight excluding hydrogens is 496 g/mol. The highest BCUT2D eigenvalue weighted by molar-refractivity contribution is 7.91. The van der Waals surface area contributed by atoms with Crippen molar-refractivity contribution in [3.8, 4) is 11.3 Å². The van der Waals surface area contributed by atoms with Crippen LogP contribution in [-0.2, 0) is 21.3 Å². The number of methoxy groups -OCH3 is 1. The molecule has 0 spiro atoms. The van der Waals surface area contributed by atoms with E-state index in [1.807, 2.05) is 30.1 Å². The standard InChI is InChI=1S/C27H34N2O5S2/c1-28(15-18-13-14-36(32,33)16-18)23-24-25(35-26(23)27(30)31)21(19-9-5-3-6-10-19)22(29(24)17-34-2)20-11-7-4-8-12-20/h4,7-8,11-12,18-19H,3,5-6,9-10,13-17H2,1-2H3,(H,30,31). The summed E-state index contributed by atoms with van der Waals surface area (Å²) in [6.45, 7) is 0.810. The second-order valence-electron chi connectivity index (χ2n) is 10.2. The largest absolute Gasteiger partial charge is 0.477 e. The van der Waals surface area contributed by atoms with Crippen LogP contribution in [0.2, 0.25) is 0 Å². The summed E-state index contributed by atoms with van der Waals surface area (Å²) >= 11 is 1.36. The molecule has 2 aliphatic rings. The first-order valence-corrected chi connectivity index (χ1v) is 15.3. The summed E-state index contributed by atoms with van der Waals surface area (Å²) in [6, 6.07) is 10.3. The monoisotopic (exact) mass is 530 g/mol. The molecular formula is C27H34N2O5S2. The minimum Gasteiger partial charge on any atom is -0.477 e. The van der Waals surface area contributed by atoms with Gasteiger partial charge in [-0.1, -0.05) is 49.6 Å². The first-order valence-electron chi connectivity index (χ1n) is 12.7. The Kier molecular flexibility index (Phi) is 7.16. The predicted octanol–water partition coefficient (Wildman–Crippen LogP) is 5.59. The molecule has 2 aromatic heterocycles. The lowest BCUT2D eigenvalue weighted by atomic mass is 9.83. The Balaban J connectivity index is 1.73. The van der Waals surface area contributed by atoms with E-state index >= 15 is 0 Å². The van der Waals surface area contributed by atoms with E-state index in [0.717, 1.165) is 34.3 Å². The number of ether oxygens (including phenoxy) is 1. The quantitative estimate of drug-likeness (QED) is 0.408. The van der Waals surface area contributed by atoms with Gasteiger partial charge in [0.1, 0.15) is 11.6 Å². The number of thiophene rings is 1. The van der Waals surface area contributed by atoms with Gasteiger partial charge in [0.05, 0.1) is 33.1 Å². The molecule has 1 aliphatic heterocycles. The summed E-state index contributed by atoms with van der Waals surface area (Å²) in [4.78, 5) is 14.8. The molecule has 36 heavy (non-hydrogen) atoms. The highest BCUT2D eigenvalue weighted by Gasteiger charge is 2.35. The van der Waals surface area contributed by atoms with Gasteiger partial charge in [-0.3, -0.25) is 0 Å². The number of carboxylic acid groups (broad SMARTS) is 1. The van der Waals surface area contributed by atoms with Crippen LogP contribution < -0.4 is 4.90 Å². The number of hydrogen-bond acceptors (Lipinski definition) is 6. The molecule has 3 heterocycles. The lowest BCUT2D eigenvalue weighted by Gasteiger charge is -2.24. The Labute approximate surface area is 216 Å². The van der Waals surface area contributed by atoms with Crippen LogP contribution in [0, 0.1) is 5.92 Å². The van der Waals surface area contributed by atoms with Gasteiger partial charge in [-0.25, -0.2) is 13.2 Å². The minimum absolute atomic E-state index is 0.00570. The average Bonchev–Trinajstić information content (AvgIpc) is 3.51. The van der Waals surface area contributed by atoms with Crippen molar-refractivity contribution in [2.24, 2.45) is 5.92 Å². The molecule has 1 saturated heterocycles. The molecule has 1 unspecified atom stereocenters. The van der Waals surface area contributed by atoms with E-state index in [-0.39, 0.29) is 17.4 Å². The second-order valence-corrected chi connectivity index (χ2v) is 13.5. The van der Waals surface area contributed by atoms with Gasteiger partial charge >= 0.3 is 5.97 Å². The topological polar surface area (TPSA) is 88.8 Å². The van der Waals surface area contributed by atoms with Crippen molar-refractivity contribution in [3.05, 3.63) is 40.8 Å². The van der Waals surface area contributed by atoms with Gasteiger partial charge < -0.3 is 19.3 Å². The molecule has 2 fully saturated rings.